The number of nitrogens with zero attached hydrogens (tertiary/aromatic N) is 2. The topological polar surface area (TPSA) is 87.1 Å². The van der Waals surface area contributed by atoms with Gasteiger partial charge < -0.3 is 29.9 Å². The third-order valence-corrected chi connectivity index (χ3v) is 5.67. The predicted molar refractivity (Wildman–Crippen MR) is 121 cm³/mol. The first kappa shape index (κ1) is 23.5. The minimum absolute atomic E-state index is 0.205. The second-order valence-corrected chi connectivity index (χ2v) is 8.18. The number of β-amino-alcohol motifs (C(OH)–C–C–N with tert-alkyl or cyclic N) is 1. The van der Waals surface area contributed by atoms with Crippen LogP contribution in [0.5, 0.6) is 11.5 Å². The van der Waals surface area contributed by atoms with E-state index in [1.165, 1.54) is 5.56 Å². The van der Waals surface area contributed by atoms with Crippen molar-refractivity contribution in [3.8, 4) is 11.5 Å². The molecule has 0 spiro atoms. The van der Waals surface area contributed by atoms with Crippen molar-refractivity contribution in [3.05, 3.63) is 53.3 Å². The lowest BCUT2D eigenvalue weighted by molar-refractivity contribution is 0.0333. The molecule has 1 fully saturated rings. The summed E-state index contributed by atoms with van der Waals surface area (Å²) in [5, 5.41) is 23.4. The van der Waals surface area contributed by atoms with Crippen LogP contribution in [-0.2, 0) is 13.0 Å². The monoisotopic (exact) mass is 429 g/mol. The number of benzene rings is 1. The first-order chi connectivity index (χ1) is 15.0. The predicted octanol–water partition coefficient (Wildman–Crippen LogP) is 1.93. The number of aryl methyl sites for hydroxylation is 1. The summed E-state index contributed by atoms with van der Waals surface area (Å²) >= 11 is 0. The maximum absolute atomic E-state index is 10.3. The Morgan fingerprint density at radius 1 is 1.23 bits per heavy atom. The Labute approximate surface area is 185 Å². The molecule has 31 heavy (non-hydrogen) atoms. The number of piperidine rings is 1. The minimum Gasteiger partial charge on any atom is -0.493 e. The van der Waals surface area contributed by atoms with Gasteiger partial charge in [-0.05, 0) is 49.1 Å². The van der Waals surface area contributed by atoms with Crippen molar-refractivity contribution in [2.75, 3.05) is 39.9 Å². The molecule has 1 aromatic heterocycles. The Bertz CT molecular complexity index is 809. The maximum atomic E-state index is 10.3. The van der Waals surface area contributed by atoms with Gasteiger partial charge in [-0.3, -0.25) is 4.98 Å². The van der Waals surface area contributed by atoms with E-state index in [9.17, 15) is 10.2 Å². The van der Waals surface area contributed by atoms with Crippen LogP contribution in [0.15, 0.2) is 36.5 Å². The Balaban J connectivity index is 1.43. The molecule has 7 heteroatoms. The van der Waals surface area contributed by atoms with E-state index >= 15 is 0 Å². The van der Waals surface area contributed by atoms with Crippen LogP contribution in [-0.4, -0.2) is 72.2 Å². The molecule has 0 aliphatic carbocycles. The average Bonchev–Trinajstić information content (AvgIpc) is 2.78. The smallest absolute Gasteiger partial charge is 0.161 e. The van der Waals surface area contributed by atoms with Crippen molar-refractivity contribution >= 4 is 0 Å². The van der Waals surface area contributed by atoms with E-state index in [0.29, 0.717) is 18.0 Å². The zero-order valence-corrected chi connectivity index (χ0v) is 18.6. The number of methoxy groups -OCH3 is 1. The maximum Gasteiger partial charge on any atom is 0.161 e. The highest BCUT2D eigenvalue weighted by Gasteiger charge is 2.20. The number of aliphatic hydroxyl groups is 2. The van der Waals surface area contributed by atoms with E-state index in [4.69, 9.17) is 9.47 Å². The first-order valence-corrected chi connectivity index (χ1v) is 11.0. The first-order valence-electron chi connectivity index (χ1n) is 11.0. The Morgan fingerprint density at radius 2 is 2.03 bits per heavy atom. The van der Waals surface area contributed by atoms with Crippen LogP contribution < -0.4 is 14.8 Å². The molecule has 0 radical (unpaired) electrons. The molecule has 2 heterocycles. The van der Waals surface area contributed by atoms with Crippen LogP contribution in [0.2, 0.25) is 0 Å². The van der Waals surface area contributed by atoms with Crippen molar-refractivity contribution in [3.63, 3.8) is 0 Å². The van der Waals surface area contributed by atoms with Crippen molar-refractivity contribution in [2.45, 2.75) is 44.9 Å². The summed E-state index contributed by atoms with van der Waals surface area (Å²) in [5.41, 5.74) is 3.44. The fourth-order valence-electron chi connectivity index (χ4n) is 3.80. The van der Waals surface area contributed by atoms with Gasteiger partial charge in [0.2, 0.25) is 0 Å². The molecule has 1 aromatic carbocycles. The van der Waals surface area contributed by atoms with Crippen molar-refractivity contribution < 1.29 is 19.7 Å². The number of aliphatic hydroxyl groups excluding tert-OH is 2. The summed E-state index contributed by atoms with van der Waals surface area (Å²) in [6, 6.07) is 9.91. The molecule has 7 nitrogen and oxygen atoms in total. The number of likely N-dealkylation sites (tertiary alicyclic amines) is 1. The fourth-order valence-corrected chi connectivity index (χ4v) is 3.80. The highest BCUT2D eigenvalue weighted by atomic mass is 16.5. The largest absolute Gasteiger partial charge is 0.493 e. The van der Waals surface area contributed by atoms with E-state index < -0.39 is 6.10 Å². The molecule has 1 saturated heterocycles. The van der Waals surface area contributed by atoms with E-state index in [1.807, 2.05) is 30.5 Å². The van der Waals surface area contributed by atoms with Gasteiger partial charge in [-0.25, -0.2) is 0 Å². The zero-order valence-electron chi connectivity index (χ0n) is 18.6. The molecule has 170 valence electrons. The van der Waals surface area contributed by atoms with Gasteiger partial charge in [-0.1, -0.05) is 12.1 Å². The number of ether oxygens (including phenoxy) is 2. The van der Waals surface area contributed by atoms with E-state index in [0.717, 1.165) is 56.7 Å². The average molecular weight is 430 g/mol. The van der Waals surface area contributed by atoms with Gasteiger partial charge in [0, 0.05) is 51.0 Å². The van der Waals surface area contributed by atoms with Crippen molar-refractivity contribution in [2.24, 2.45) is 0 Å². The van der Waals surface area contributed by atoms with Crippen LogP contribution in [0.1, 0.15) is 29.7 Å². The number of hydrogen-bond donors (Lipinski definition) is 3. The van der Waals surface area contributed by atoms with Gasteiger partial charge >= 0.3 is 0 Å². The van der Waals surface area contributed by atoms with Crippen molar-refractivity contribution in [1.29, 1.82) is 0 Å². The minimum atomic E-state index is -0.587. The lowest BCUT2D eigenvalue weighted by Gasteiger charge is -2.30. The van der Waals surface area contributed by atoms with E-state index in [2.05, 4.69) is 28.2 Å². The molecule has 3 N–H and O–H groups in total. The summed E-state index contributed by atoms with van der Waals surface area (Å²) in [5.74, 6) is 1.29. The van der Waals surface area contributed by atoms with Crippen molar-refractivity contribution in [1.82, 2.24) is 15.2 Å². The van der Waals surface area contributed by atoms with Gasteiger partial charge in [-0.2, -0.15) is 0 Å². The van der Waals surface area contributed by atoms with Crippen LogP contribution in [0.4, 0.5) is 0 Å². The summed E-state index contributed by atoms with van der Waals surface area (Å²) in [6.45, 7) is 6.03. The quantitative estimate of drug-likeness (QED) is 0.471. The van der Waals surface area contributed by atoms with Gasteiger partial charge in [0.15, 0.2) is 11.5 Å². The SMILES string of the molecule is COc1cc(CNCCc2ncccc2C)ccc1OCC(O)CN1CCC(O)CC1. The molecule has 1 aliphatic heterocycles. The summed E-state index contributed by atoms with van der Waals surface area (Å²) < 4.78 is 11.3. The Morgan fingerprint density at radius 3 is 2.77 bits per heavy atom. The van der Waals surface area contributed by atoms with Crippen LogP contribution >= 0.6 is 0 Å². The molecule has 1 aliphatic rings. The fraction of sp³-hybridized carbons (Fsp3) is 0.542. The second kappa shape index (κ2) is 12.0. The standard InChI is InChI=1S/C24H35N3O4/c1-18-4-3-10-26-22(18)7-11-25-15-19-5-6-23(24(14-19)30-2)31-17-21(29)16-27-12-8-20(28)9-13-27/h3-6,10,14,20-21,25,28-29H,7-9,11-13,15-17H2,1-2H3. The second-order valence-electron chi connectivity index (χ2n) is 8.18. The number of hydrogen-bond acceptors (Lipinski definition) is 7. The number of rotatable bonds is 11. The molecule has 1 unspecified atom stereocenters. The molecular formula is C24H35N3O4. The molecule has 2 aromatic rings. The number of pyridine rings is 1. The lowest BCUT2D eigenvalue weighted by atomic mass is 10.1. The normalized spacial score (nSPS) is 16.3. The molecular weight excluding hydrogens is 394 g/mol. The molecule has 3 rings (SSSR count). The highest BCUT2D eigenvalue weighted by molar-refractivity contribution is 5.43. The van der Waals surface area contributed by atoms with Crippen LogP contribution in [0, 0.1) is 6.92 Å². The van der Waals surface area contributed by atoms with Crippen LogP contribution in [0.3, 0.4) is 0 Å². The molecule has 0 bridgehead atoms. The van der Waals surface area contributed by atoms with Gasteiger partial charge in [-0.15, -0.1) is 0 Å². The molecule has 1 atom stereocenters. The van der Waals surface area contributed by atoms with Gasteiger partial charge in [0.05, 0.1) is 13.2 Å². The number of nitrogens with one attached hydrogen (secondary N) is 1. The lowest BCUT2D eigenvalue weighted by Crippen LogP contribution is -2.41. The van der Waals surface area contributed by atoms with E-state index in [-0.39, 0.29) is 12.7 Å². The summed E-state index contributed by atoms with van der Waals surface area (Å²) in [4.78, 5) is 6.59. The van der Waals surface area contributed by atoms with Crippen LogP contribution in [0.25, 0.3) is 0 Å². The van der Waals surface area contributed by atoms with E-state index in [1.54, 1.807) is 7.11 Å². The summed E-state index contributed by atoms with van der Waals surface area (Å²) in [7, 11) is 1.62. The summed E-state index contributed by atoms with van der Waals surface area (Å²) in [6.07, 6.45) is 3.45. The Kier molecular flexibility index (Phi) is 9.09. The Hall–Kier alpha value is -2.19. The third-order valence-electron chi connectivity index (χ3n) is 5.67. The van der Waals surface area contributed by atoms with Gasteiger partial charge in [0.1, 0.15) is 12.7 Å². The molecule has 0 amide bonds. The molecule has 0 saturated carbocycles. The third kappa shape index (κ3) is 7.47. The van der Waals surface area contributed by atoms with Gasteiger partial charge in [0.25, 0.3) is 0 Å². The zero-order chi connectivity index (χ0) is 22.1. The number of aromatic nitrogens is 1. The highest BCUT2D eigenvalue weighted by Crippen LogP contribution is 2.28.